The molecule has 0 unspecified atom stereocenters. The molecule has 1 nitrogen and oxygen atoms in total. The number of halogens is 2. The first-order valence-electron chi connectivity index (χ1n) is 6.13. The first kappa shape index (κ1) is 14.2. The van der Waals surface area contributed by atoms with Gasteiger partial charge in [-0.2, -0.15) is 0 Å². The average molecular weight is 294 g/mol. The lowest BCUT2D eigenvalue weighted by atomic mass is 10.1. The standard InChI is InChI=1S/C16H15Cl2O/c1-2-5-12-6-3-7-13(10-12)19-11-14-15(17)8-4-9-16(14)18/h2-4,6-10H,5,11H2,1H3. The summed E-state index contributed by atoms with van der Waals surface area (Å²) in [5.41, 5.74) is 2.04. The molecule has 0 fully saturated rings. The molecular formula is C16H15Cl2O. The Hall–Kier alpha value is -1.18. The van der Waals surface area contributed by atoms with Crippen LogP contribution in [0.15, 0.2) is 42.5 Å². The Kier molecular flexibility index (Phi) is 5.12. The fourth-order valence-electron chi connectivity index (χ4n) is 1.82. The molecule has 0 aliphatic carbocycles. The van der Waals surface area contributed by atoms with Crippen LogP contribution in [0.3, 0.4) is 0 Å². The molecule has 1 radical (unpaired) electrons. The summed E-state index contributed by atoms with van der Waals surface area (Å²) in [6.07, 6.45) is 3.05. The molecule has 0 saturated heterocycles. The molecule has 0 heterocycles. The van der Waals surface area contributed by atoms with Gasteiger partial charge >= 0.3 is 0 Å². The highest BCUT2D eigenvalue weighted by molar-refractivity contribution is 6.35. The maximum atomic E-state index is 6.11. The summed E-state index contributed by atoms with van der Waals surface area (Å²) < 4.78 is 5.76. The normalized spacial score (nSPS) is 10.5. The van der Waals surface area contributed by atoms with E-state index in [1.165, 1.54) is 5.56 Å². The zero-order valence-corrected chi connectivity index (χ0v) is 12.2. The Bertz CT molecular complexity index is 532. The summed E-state index contributed by atoms with van der Waals surface area (Å²) in [6.45, 7) is 2.41. The van der Waals surface area contributed by atoms with Crippen molar-refractivity contribution in [1.29, 1.82) is 0 Å². The van der Waals surface area contributed by atoms with Crippen molar-refractivity contribution in [3.8, 4) is 5.75 Å². The van der Waals surface area contributed by atoms with E-state index in [1.54, 1.807) is 0 Å². The molecule has 99 valence electrons. The summed E-state index contributed by atoms with van der Waals surface area (Å²) in [7, 11) is 0. The van der Waals surface area contributed by atoms with Gasteiger partial charge in [0.25, 0.3) is 0 Å². The van der Waals surface area contributed by atoms with E-state index in [4.69, 9.17) is 27.9 Å². The lowest BCUT2D eigenvalue weighted by Crippen LogP contribution is -1.98. The van der Waals surface area contributed by atoms with Crippen molar-refractivity contribution in [2.24, 2.45) is 0 Å². The minimum atomic E-state index is 0.373. The van der Waals surface area contributed by atoms with Crippen LogP contribution in [0.2, 0.25) is 10.0 Å². The summed E-state index contributed by atoms with van der Waals surface area (Å²) in [5.74, 6) is 0.829. The van der Waals surface area contributed by atoms with Crippen molar-refractivity contribution in [3.05, 3.63) is 70.1 Å². The second-order valence-corrected chi connectivity index (χ2v) is 5.06. The Morgan fingerprint density at radius 1 is 1.05 bits per heavy atom. The first-order chi connectivity index (χ1) is 9.20. The van der Waals surface area contributed by atoms with Gasteiger partial charge in [-0.3, -0.25) is 0 Å². The largest absolute Gasteiger partial charge is 0.489 e. The molecule has 0 aliphatic heterocycles. The van der Waals surface area contributed by atoms with Crippen LogP contribution in [0.25, 0.3) is 0 Å². The summed E-state index contributed by atoms with van der Waals surface area (Å²) in [5, 5.41) is 1.26. The predicted octanol–water partition coefficient (Wildman–Crippen LogP) is 5.34. The molecule has 0 spiro atoms. The van der Waals surface area contributed by atoms with Gasteiger partial charge < -0.3 is 4.74 Å². The van der Waals surface area contributed by atoms with Gasteiger partial charge in [0.15, 0.2) is 0 Å². The van der Waals surface area contributed by atoms with E-state index in [2.05, 4.69) is 12.5 Å². The van der Waals surface area contributed by atoms with Crippen LogP contribution in [0.4, 0.5) is 0 Å². The van der Waals surface area contributed by atoms with Gasteiger partial charge in [-0.15, -0.1) is 0 Å². The van der Waals surface area contributed by atoms with Crippen LogP contribution in [0.5, 0.6) is 5.75 Å². The monoisotopic (exact) mass is 293 g/mol. The Balaban J connectivity index is 2.08. The number of hydrogen-bond donors (Lipinski definition) is 0. The average Bonchev–Trinajstić information content (AvgIpc) is 2.39. The molecule has 2 aromatic carbocycles. The van der Waals surface area contributed by atoms with Crippen molar-refractivity contribution in [3.63, 3.8) is 0 Å². The van der Waals surface area contributed by atoms with Crippen molar-refractivity contribution >= 4 is 23.2 Å². The minimum absolute atomic E-state index is 0.373. The smallest absolute Gasteiger partial charge is 0.120 e. The molecule has 2 rings (SSSR count). The molecule has 0 bridgehead atoms. The Labute approximate surface area is 124 Å². The third-order valence-corrected chi connectivity index (χ3v) is 3.49. The Morgan fingerprint density at radius 3 is 2.42 bits per heavy atom. The molecule has 19 heavy (non-hydrogen) atoms. The molecule has 0 saturated carbocycles. The van der Waals surface area contributed by atoms with E-state index in [-0.39, 0.29) is 0 Å². The quantitative estimate of drug-likeness (QED) is 0.723. The zero-order chi connectivity index (χ0) is 13.7. The Morgan fingerprint density at radius 2 is 1.74 bits per heavy atom. The van der Waals surface area contributed by atoms with E-state index in [0.717, 1.165) is 17.7 Å². The number of hydrogen-bond acceptors (Lipinski definition) is 1. The lowest BCUT2D eigenvalue weighted by Gasteiger charge is -2.10. The highest BCUT2D eigenvalue weighted by atomic mass is 35.5. The first-order valence-corrected chi connectivity index (χ1v) is 6.88. The lowest BCUT2D eigenvalue weighted by molar-refractivity contribution is 0.306. The van der Waals surface area contributed by atoms with Crippen LogP contribution in [-0.4, -0.2) is 0 Å². The van der Waals surface area contributed by atoms with Gasteiger partial charge in [0, 0.05) is 15.6 Å². The van der Waals surface area contributed by atoms with E-state index >= 15 is 0 Å². The topological polar surface area (TPSA) is 9.23 Å². The summed E-state index contributed by atoms with van der Waals surface area (Å²) in [4.78, 5) is 0. The summed E-state index contributed by atoms with van der Waals surface area (Å²) in [6, 6.07) is 13.5. The van der Waals surface area contributed by atoms with Gasteiger partial charge in [-0.1, -0.05) is 48.3 Å². The molecule has 0 atom stereocenters. The fourth-order valence-corrected chi connectivity index (χ4v) is 2.33. The van der Waals surface area contributed by atoms with E-state index in [0.29, 0.717) is 16.7 Å². The molecule has 2 aromatic rings. The fraction of sp³-hybridized carbons (Fsp3) is 0.188. The van der Waals surface area contributed by atoms with Crippen molar-refractivity contribution in [2.45, 2.75) is 20.0 Å². The second-order valence-electron chi connectivity index (χ2n) is 4.25. The van der Waals surface area contributed by atoms with Crippen molar-refractivity contribution in [2.75, 3.05) is 0 Å². The van der Waals surface area contributed by atoms with Gasteiger partial charge in [0.1, 0.15) is 12.4 Å². The van der Waals surface area contributed by atoms with Crippen molar-refractivity contribution in [1.82, 2.24) is 0 Å². The number of ether oxygens (including phenoxy) is 1. The van der Waals surface area contributed by atoms with E-state index in [9.17, 15) is 0 Å². The SMILES string of the molecule is C[CH]Cc1cccc(OCc2c(Cl)cccc2Cl)c1. The predicted molar refractivity (Wildman–Crippen MR) is 80.9 cm³/mol. The minimum Gasteiger partial charge on any atom is -0.489 e. The third kappa shape index (κ3) is 3.89. The van der Waals surface area contributed by atoms with Crippen LogP contribution < -0.4 is 4.74 Å². The maximum Gasteiger partial charge on any atom is 0.120 e. The van der Waals surface area contributed by atoms with Gasteiger partial charge in [0.05, 0.1) is 0 Å². The number of rotatable bonds is 5. The van der Waals surface area contributed by atoms with Crippen LogP contribution in [-0.2, 0) is 13.0 Å². The zero-order valence-electron chi connectivity index (χ0n) is 10.7. The maximum absolute atomic E-state index is 6.11. The van der Waals surface area contributed by atoms with E-state index < -0.39 is 0 Å². The van der Waals surface area contributed by atoms with Gasteiger partial charge in [-0.05, 0) is 42.7 Å². The second kappa shape index (κ2) is 6.83. The van der Waals surface area contributed by atoms with Gasteiger partial charge in [0.2, 0.25) is 0 Å². The van der Waals surface area contributed by atoms with Crippen LogP contribution in [0.1, 0.15) is 18.1 Å². The molecule has 0 N–H and O–H groups in total. The summed E-state index contributed by atoms with van der Waals surface area (Å²) >= 11 is 12.2. The molecule has 3 heteroatoms. The van der Waals surface area contributed by atoms with Crippen LogP contribution >= 0.6 is 23.2 Å². The molecular weight excluding hydrogens is 279 g/mol. The molecule has 0 aliphatic rings. The van der Waals surface area contributed by atoms with Crippen molar-refractivity contribution < 1.29 is 4.74 Å². The molecule has 0 aromatic heterocycles. The molecule has 0 amide bonds. The van der Waals surface area contributed by atoms with E-state index in [1.807, 2.05) is 43.3 Å². The number of benzene rings is 2. The third-order valence-electron chi connectivity index (χ3n) is 2.78. The van der Waals surface area contributed by atoms with Crippen LogP contribution in [0, 0.1) is 6.42 Å². The van der Waals surface area contributed by atoms with Gasteiger partial charge in [-0.25, -0.2) is 0 Å². The highest BCUT2D eigenvalue weighted by Crippen LogP contribution is 2.26. The highest BCUT2D eigenvalue weighted by Gasteiger charge is 2.06.